The van der Waals surface area contributed by atoms with Crippen molar-refractivity contribution in [3.05, 3.63) is 35.6 Å². The highest BCUT2D eigenvalue weighted by Gasteiger charge is 2.38. The largest absolute Gasteiger partial charge is 0.481 e. The third-order valence-electron chi connectivity index (χ3n) is 4.11. The lowest BCUT2D eigenvalue weighted by Crippen LogP contribution is -2.43. The van der Waals surface area contributed by atoms with Crippen molar-refractivity contribution in [2.45, 2.75) is 57.3 Å². The molecule has 1 aromatic carbocycles. The first-order chi connectivity index (χ1) is 10.1. The highest BCUT2D eigenvalue weighted by molar-refractivity contribution is 5.81. The molecule has 0 aliphatic carbocycles. The normalized spacial score (nSPS) is 13.9. The van der Waals surface area contributed by atoms with E-state index in [4.69, 9.17) is 5.73 Å². The molecule has 0 aliphatic rings. The van der Waals surface area contributed by atoms with Crippen molar-refractivity contribution in [3.8, 4) is 0 Å². The van der Waals surface area contributed by atoms with Crippen molar-refractivity contribution in [1.82, 2.24) is 0 Å². The number of carboxylic acid groups (broad SMARTS) is 1. The first-order valence-corrected chi connectivity index (χ1v) is 7.76. The lowest BCUT2D eigenvalue weighted by Gasteiger charge is -2.28. The third-order valence-corrected chi connectivity index (χ3v) is 4.11. The summed E-state index contributed by atoms with van der Waals surface area (Å²) >= 11 is 0. The first-order valence-electron chi connectivity index (χ1n) is 7.76. The van der Waals surface area contributed by atoms with Crippen LogP contribution in [0, 0.1) is 5.82 Å². The predicted octanol–water partition coefficient (Wildman–Crippen LogP) is 3.86. The van der Waals surface area contributed by atoms with Gasteiger partial charge >= 0.3 is 5.97 Å². The Kier molecular flexibility index (Phi) is 7.37. The van der Waals surface area contributed by atoms with E-state index in [1.54, 1.807) is 0 Å². The van der Waals surface area contributed by atoms with E-state index in [0.29, 0.717) is 12.0 Å². The molecule has 0 spiro atoms. The van der Waals surface area contributed by atoms with Gasteiger partial charge in [-0.2, -0.15) is 0 Å². The van der Waals surface area contributed by atoms with Gasteiger partial charge in [0.2, 0.25) is 0 Å². The zero-order chi connectivity index (χ0) is 15.7. The Labute approximate surface area is 126 Å². The van der Waals surface area contributed by atoms with Gasteiger partial charge in [-0.15, -0.1) is 0 Å². The van der Waals surface area contributed by atoms with Crippen molar-refractivity contribution < 1.29 is 14.3 Å². The van der Waals surface area contributed by atoms with Crippen LogP contribution in [0.1, 0.15) is 57.4 Å². The van der Waals surface area contributed by atoms with Gasteiger partial charge in [0, 0.05) is 6.54 Å². The number of nitrogens with two attached hydrogens (primary N) is 1. The summed E-state index contributed by atoms with van der Waals surface area (Å²) in [5.41, 5.74) is 5.26. The van der Waals surface area contributed by atoms with E-state index in [9.17, 15) is 14.3 Å². The van der Waals surface area contributed by atoms with Gasteiger partial charge in [0.05, 0.1) is 0 Å². The van der Waals surface area contributed by atoms with E-state index in [1.807, 2.05) is 0 Å². The minimum Gasteiger partial charge on any atom is -0.481 e. The summed E-state index contributed by atoms with van der Waals surface area (Å²) in [5.74, 6) is -1.29. The zero-order valence-corrected chi connectivity index (χ0v) is 12.8. The quantitative estimate of drug-likeness (QED) is 0.644. The van der Waals surface area contributed by atoms with E-state index in [1.165, 1.54) is 43.5 Å². The van der Waals surface area contributed by atoms with Crippen LogP contribution in [0.3, 0.4) is 0 Å². The molecule has 21 heavy (non-hydrogen) atoms. The van der Waals surface area contributed by atoms with Crippen LogP contribution in [0.4, 0.5) is 4.39 Å². The van der Waals surface area contributed by atoms with Gasteiger partial charge < -0.3 is 10.8 Å². The lowest BCUT2D eigenvalue weighted by atomic mass is 9.76. The van der Waals surface area contributed by atoms with Crippen LogP contribution in [0.2, 0.25) is 0 Å². The minimum absolute atomic E-state index is 0.0307. The topological polar surface area (TPSA) is 63.3 Å². The molecule has 1 aromatic rings. The SMILES string of the molecule is CCCCCCCCC(CN)(C(=O)O)c1ccc(F)cc1. The summed E-state index contributed by atoms with van der Waals surface area (Å²) in [6.45, 7) is 2.20. The van der Waals surface area contributed by atoms with Crippen molar-refractivity contribution in [1.29, 1.82) is 0 Å². The molecular weight excluding hydrogens is 269 g/mol. The molecule has 0 radical (unpaired) electrons. The summed E-state index contributed by atoms with van der Waals surface area (Å²) in [4.78, 5) is 11.7. The van der Waals surface area contributed by atoms with Crippen LogP contribution in [-0.2, 0) is 10.2 Å². The lowest BCUT2D eigenvalue weighted by molar-refractivity contribution is -0.143. The highest BCUT2D eigenvalue weighted by atomic mass is 19.1. The minimum atomic E-state index is -1.10. The monoisotopic (exact) mass is 295 g/mol. The van der Waals surface area contributed by atoms with Gasteiger partial charge in [0.1, 0.15) is 11.2 Å². The molecule has 1 unspecified atom stereocenters. The van der Waals surface area contributed by atoms with Crippen molar-refractivity contribution in [2.24, 2.45) is 5.73 Å². The van der Waals surface area contributed by atoms with Crippen LogP contribution in [0.5, 0.6) is 0 Å². The number of rotatable bonds is 10. The number of halogens is 1. The number of hydrogen-bond acceptors (Lipinski definition) is 2. The van der Waals surface area contributed by atoms with Crippen LogP contribution >= 0.6 is 0 Å². The molecule has 3 nitrogen and oxygen atoms in total. The van der Waals surface area contributed by atoms with E-state index < -0.39 is 11.4 Å². The van der Waals surface area contributed by atoms with E-state index in [-0.39, 0.29) is 12.4 Å². The molecule has 0 fully saturated rings. The van der Waals surface area contributed by atoms with Gasteiger partial charge in [0.25, 0.3) is 0 Å². The molecule has 4 heteroatoms. The summed E-state index contributed by atoms with van der Waals surface area (Å²) < 4.78 is 13.0. The van der Waals surface area contributed by atoms with E-state index >= 15 is 0 Å². The Balaban J connectivity index is 2.71. The van der Waals surface area contributed by atoms with Crippen molar-refractivity contribution >= 4 is 5.97 Å². The Morgan fingerprint density at radius 3 is 2.24 bits per heavy atom. The number of aliphatic carboxylic acids is 1. The molecule has 1 atom stereocenters. The van der Waals surface area contributed by atoms with Gasteiger partial charge in [-0.3, -0.25) is 4.79 Å². The summed E-state index contributed by atoms with van der Waals surface area (Å²) in [6, 6.07) is 5.66. The molecule has 0 aromatic heterocycles. The number of carboxylic acids is 1. The fourth-order valence-electron chi connectivity index (χ4n) is 2.66. The van der Waals surface area contributed by atoms with Crippen LogP contribution < -0.4 is 5.73 Å². The van der Waals surface area contributed by atoms with Crippen LogP contribution in [0.15, 0.2) is 24.3 Å². The van der Waals surface area contributed by atoms with E-state index in [0.717, 1.165) is 19.3 Å². The number of benzene rings is 1. The molecule has 0 bridgehead atoms. The molecule has 0 aliphatic heterocycles. The standard InChI is InChI=1S/C17H26FNO2/c1-2-3-4-5-6-7-12-17(13-19,16(20)21)14-8-10-15(18)11-9-14/h8-11H,2-7,12-13,19H2,1H3,(H,20,21). The summed E-state index contributed by atoms with van der Waals surface area (Å²) in [5, 5.41) is 9.61. The van der Waals surface area contributed by atoms with Gasteiger partial charge in [0.15, 0.2) is 0 Å². The second-order valence-corrected chi connectivity index (χ2v) is 5.62. The fraction of sp³-hybridized carbons (Fsp3) is 0.588. The second kappa shape index (κ2) is 8.78. The molecular formula is C17H26FNO2. The Bertz CT molecular complexity index is 433. The predicted molar refractivity (Wildman–Crippen MR) is 82.8 cm³/mol. The maximum Gasteiger partial charge on any atom is 0.315 e. The highest BCUT2D eigenvalue weighted by Crippen LogP contribution is 2.30. The molecule has 1 rings (SSSR count). The maximum absolute atomic E-state index is 13.0. The Hall–Kier alpha value is -1.42. The number of hydrogen-bond donors (Lipinski definition) is 2. The van der Waals surface area contributed by atoms with Crippen molar-refractivity contribution in [3.63, 3.8) is 0 Å². The molecule has 0 heterocycles. The molecule has 118 valence electrons. The first kappa shape index (κ1) is 17.6. The fourth-order valence-corrected chi connectivity index (χ4v) is 2.66. The molecule has 0 amide bonds. The molecule has 0 saturated carbocycles. The maximum atomic E-state index is 13.0. The zero-order valence-electron chi connectivity index (χ0n) is 12.8. The Morgan fingerprint density at radius 2 is 1.71 bits per heavy atom. The molecule has 3 N–H and O–H groups in total. The smallest absolute Gasteiger partial charge is 0.315 e. The number of unbranched alkanes of at least 4 members (excludes halogenated alkanes) is 5. The van der Waals surface area contributed by atoms with Crippen LogP contribution in [-0.4, -0.2) is 17.6 Å². The third kappa shape index (κ3) is 4.81. The van der Waals surface area contributed by atoms with Gasteiger partial charge in [-0.1, -0.05) is 57.6 Å². The van der Waals surface area contributed by atoms with E-state index in [2.05, 4.69) is 6.92 Å². The average molecular weight is 295 g/mol. The molecule has 0 saturated heterocycles. The van der Waals surface area contributed by atoms with Crippen LogP contribution in [0.25, 0.3) is 0 Å². The number of carbonyl (C=O) groups is 1. The second-order valence-electron chi connectivity index (χ2n) is 5.62. The average Bonchev–Trinajstić information content (AvgIpc) is 2.48. The summed E-state index contributed by atoms with van der Waals surface area (Å²) in [6.07, 6.45) is 7.06. The van der Waals surface area contributed by atoms with Gasteiger partial charge in [-0.05, 0) is 24.1 Å². The summed E-state index contributed by atoms with van der Waals surface area (Å²) in [7, 11) is 0. The van der Waals surface area contributed by atoms with Crippen molar-refractivity contribution in [2.75, 3.05) is 6.54 Å². The Morgan fingerprint density at radius 1 is 1.14 bits per heavy atom. The van der Waals surface area contributed by atoms with Gasteiger partial charge in [-0.25, -0.2) is 4.39 Å².